The highest BCUT2D eigenvalue weighted by Gasteiger charge is 2.03. The molecule has 0 saturated heterocycles. The van der Waals surface area contributed by atoms with Gasteiger partial charge in [-0.05, 0) is 26.0 Å². The number of pyridine rings is 1. The van der Waals surface area contributed by atoms with E-state index in [0.29, 0.717) is 16.4 Å². The van der Waals surface area contributed by atoms with Crippen molar-refractivity contribution in [2.45, 2.75) is 19.9 Å². The van der Waals surface area contributed by atoms with Crippen LogP contribution in [0.5, 0.6) is 0 Å². The second kappa shape index (κ2) is 6.15. The number of nitrogens with one attached hydrogen (secondary N) is 2. The molecule has 4 N–H and O–H groups in total. The molecule has 1 amide bonds. The Morgan fingerprint density at radius 2 is 2.24 bits per heavy atom. The number of carbonyl (C=O) groups is 1. The minimum atomic E-state index is -0.0692. The number of rotatable bonds is 5. The average molecular weight is 252 g/mol. The Morgan fingerprint density at radius 3 is 2.71 bits per heavy atom. The molecule has 0 aromatic carbocycles. The van der Waals surface area contributed by atoms with Crippen LogP contribution in [0.4, 0.5) is 5.82 Å². The third kappa shape index (κ3) is 4.78. The molecule has 0 spiro atoms. The van der Waals surface area contributed by atoms with Crippen molar-refractivity contribution in [3.05, 3.63) is 23.9 Å². The molecule has 0 bridgehead atoms. The lowest BCUT2D eigenvalue weighted by atomic mass is 10.3. The van der Waals surface area contributed by atoms with Crippen LogP contribution in [-0.2, 0) is 4.79 Å². The van der Waals surface area contributed by atoms with E-state index >= 15 is 0 Å². The van der Waals surface area contributed by atoms with Gasteiger partial charge < -0.3 is 16.4 Å². The van der Waals surface area contributed by atoms with Crippen LogP contribution in [0, 0.1) is 0 Å². The molecule has 1 rings (SSSR count). The number of amides is 1. The molecule has 92 valence electrons. The Kier molecular flexibility index (Phi) is 4.84. The summed E-state index contributed by atoms with van der Waals surface area (Å²) in [5.41, 5.74) is 6.15. The standard InChI is InChI=1S/C11H16N4OS/c1-7(2)15-10(16)6-14-9-4-3-8(5-13-9)11(12)17/h3-5,7H,6H2,1-2H3,(H2,12,17)(H,13,14)(H,15,16). The van der Waals surface area contributed by atoms with Crippen molar-refractivity contribution in [2.24, 2.45) is 5.73 Å². The zero-order valence-electron chi connectivity index (χ0n) is 9.86. The van der Waals surface area contributed by atoms with Crippen LogP contribution in [-0.4, -0.2) is 28.5 Å². The molecule has 0 unspecified atom stereocenters. The second-order valence-electron chi connectivity index (χ2n) is 3.87. The highest BCUT2D eigenvalue weighted by Crippen LogP contribution is 2.04. The number of hydrogen-bond donors (Lipinski definition) is 3. The predicted octanol–water partition coefficient (Wildman–Crippen LogP) is 0.652. The first-order chi connectivity index (χ1) is 7.99. The molecule has 0 aliphatic heterocycles. The van der Waals surface area contributed by atoms with Gasteiger partial charge in [-0.2, -0.15) is 0 Å². The summed E-state index contributed by atoms with van der Waals surface area (Å²) in [4.78, 5) is 15.8. The molecule has 1 heterocycles. The van der Waals surface area contributed by atoms with E-state index in [1.54, 1.807) is 18.3 Å². The van der Waals surface area contributed by atoms with Gasteiger partial charge in [0.2, 0.25) is 5.91 Å². The fourth-order valence-corrected chi connectivity index (χ4v) is 1.31. The van der Waals surface area contributed by atoms with E-state index in [-0.39, 0.29) is 18.5 Å². The van der Waals surface area contributed by atoms with Gasteiger partial charge in [-0.1, -0.05) is 12.2 Å². The quantitative estimate of drug-likeness (QED) is 0.671. The Bertz CT molecular complexity index is 402. The van der Waals surface area contributed by atoms with Gasteiger partial charge in [0, 0.05) is 17.8 Å². The Hall–Kier alpha value is -1.69. The summed E-state index contributed by atoms with van der Waals surface area (Å²) in [6.07, 6.45) is 1.57. The van der Waals surface area contributed by atoms with Crippen LogP contribution in [0.1, 0.15) is 19.4 Å². The van der Waals surface area contributed by atoms with Crippen LogP contribution in [0.3, 0.4) is 0 Å². The topological polar surface area (TPSA) is 80.0 Å². The summed E-state index contributed by atoms with van der Waals surface area (Å²) in [7, 11) is 0. The zero-order valence-corrected chi connectivity index (χ0v) is 10.7. The SMILES string of the molecule is CC(C)NC(=O)CNc1ccc(C(N)=S)cn1. The van der Waals surface area contributed by atoms with Crippen molar-refractivity contribution in [1.82, 2.24) is 10.3 Å². The van der Waals surface area contributed by atoms with E-state index in [2.05, 4.69) is 15.6 Å². The van der Waals surface area contributed by atoms with Gasteiger partial charge in [0.25, 0.3) is 0 Å². The zero-order chi connectivity index (χ0) is 12.8. The van der Waals surface area contributed by atoms with Crippen molar-refractivity contribution >= 4 is 28.9 Å². The Labute approximate surface area is 106 Å². The first-order valence-electron chi connectivity index (χ1n) is 5.28. The number of carbonyl (C=O) groups excluding carboxylic acids is 1. The van der Waals surface area contributed by atoms with E-state index in [0.717, 1.165) is 0 Å². The van der Waals surface area contributed by atoms with Gasteiger partial charge in [-0.15, -0.1) is 0 Å². The summed E-state index contributed by atoms with van der Waals surface area (Å²) in [6.45, 7) is 4.01. The minimum Gasteiger partial charge on any atom is -0.389 e. The molecule has 0 atom stereocenters. The lowest BCUT2D eigenvalue weighted by Crippen LogP contribution is -2.34. The van der Waals surface area contributed by atoms with Crippen LogP contribution >= 0.6 is 12.2 Å². The predicted molar refractivity (Wildman–Crippen MR) is 71.9 cm³/mol. The van der Waals surface area contributed by atoms with Crippen molar-refractivity contribution in [2.75, 3.05) is 11.9 Å². The fourth-order valence-electron chi connectivity index (χ4n) is 1.19. The van der Waals surface area contributed by atoms with E-state index in [9.17, 15) is 4.79 Å². The lowest BCUT2D eigenvalue weighted by Gasteiger charge is -2.09. The Balaban J connectivity index is 2.47. The normalized spacial score (nSPS) is 10.1. The summed E-state index contributed by atoms with van der Waals surface area (Å²) >= 11 is 4.81. The van der Waals surface area contributed by atoms with E-state index in [1.165, 1.54) is 0 Å². The summed E-state index contributed by atoms with van der Waals surface area (Å²) in [6, 6.07) is 3.63. The molecule has 1 aromatic heterocycles. The van der Waals surface area contributed by atoms with Crippen LogP contribution in [0.25, 0.3) is 0 Å². The van der Waals surface area contributed by atoms with Crippen LogP contribution in [0.15, 0.2) is 18.3 Å². The Morgan fingerprint density at radius 1 is 1.53 bits per heavy atom. The van der Waals surface area contributed by atoms with Gasteiger partial charge in [-0.3, -0.25) is 4.79 Å². The third-order valence-electron chi connectivity index (χ3n) is 1.93. The van der Waals surface area contributed by atoms with Gasteiger partial charge >= 0.3 is 0 Å². The lowest BCUT2D eigenvalue weighted by molar-refractivity contribution is -0.119. The molecule has 0 radical (unpaired) electrons. The number of thiocarbonyl (C=S) groups is 1. The number of nitrogens with zero attached hydrogens (tertiary/aromatic N) is 1. The second-order valence-corrected chi connectivity index (χ2v) is 4.31. The molecule has 1 aromatic rings. The fraction of sp³-hybridized carbons (Fsp3) is 0.364. The van der Waals surface area contributed by atoms with Gasteiger partial charge in [-0.25, -0.2) is 4.98 Å². The molecule has 0 aliphatic rings. The maximum absolute atomic E-state index is 11.4. The number of anilines is 1. The van der Waals surface area contributed by atoms with E-state index in [4.69, 9.17) is 18.0 Å². The molecule has 0 fully saturated rings. The first-order valence-corrected chi connectivity index (χ1v) is 5.69. The van der Waals surface area contributed by atoms with Crippen molar-refractivity contribution in [1.29, 1.82) is 0 Å². The van der Waals surface area contributed by atoms with Crippen LogP contribution < -0.4 is 16.4 Å². The first kappa shape index (κ1) is 13.4. The molecular weight excluding hydrogens is 236 g/mol. The molecule has 6 heteroatoms. The molecule has 17 heavy (non-hydrogen) atoms. The molecule has 5 nitrogen and oxygen atoms in total. The minimum absolute atomic E-state index is 0.0692. The van der Waals surface area contributed by atoms with Gasteiger partial charge in [0.15, 0.2) is 0 Å². The third-order valence-corrected chi connectivity index (χ3v) is 2.16. The monoisotopic (exact) mass is 252 g/mol. The summed E-state index contributed by atoms with van der Waals surface area (Å²) < 4.78 is 0. The van der Waals surface area contributed by atoms with Crippen molar-refractivity contribution < 1.29 is 4.79 Å². The molecule has 0 aliphatic carbocycles. The maximum atomic E-state index is 11.4. The van der Waals surface area contributed by atoms with E-state index < -0.39 is 0 Å². The highest BCUT2D eigenvalue weighted by molar-refractivity contribution is 7.80. The number of aromatic nitrogens is 1. The number of nitrogens with two attached hydrogens (primary N) is 1. The van der Waals surface area contributed by atoms with Crippen molar-refractivity contribution in [3.63, 3.8) is 0 Å². The summed E-state index contributed by atoms with van der Waals surface area (Å²) in [5, 5.41) is 5.68. The maximum Gasteiger partial charge on any atom is 0.239 e. The van der Waals surface area contributed by atoms with Crippen LogP contribution in [0.2, 0.25) is 0 Å². The van der Waals surface area contributed by atoms with Gasteiger partial charge in [0.1, 0.15) is 10.8 Å². The number of hydrogen-bond acceptors (Lipinski definition) is 4. The van der Waals surface area contributed by atoms with Crippen molar-refractivity contribution in [3.8, 4) is 0 Å². The summed E-state index contributed by atoms with van der Waals surface area (Å²) in [5.74, 6) is 0.545. The van der Waals surface area contributed by atoms with E-state index in [1.807, 2.05) is 13.8 Å². The molecule has 0 saturated carbocycles. The highest BCUT2D eigenvalue weighted by atomic mass is 32.1. The smallest absolute Gasteiger partial charge is 0.239 e. The average Bonchev–Trinajstić information content (AvgIpc) is 2.26. The van der Waals surface area contributed by atoms with Gasteiger partial charge in [0.05, 0.1) is 6.54 Å². The molecular formula is C11H16N4OS. The largest absolute Gasteiger partial charge is 0.389 e.